The Morgan fingerprint density at radius 1 is 1.30 bits per heavy atom. The van der Waals surface area contributed by atoms with Gasteiger partial charge in [0.1, 0.15) is 0 Å². The van der Waals surface area contributed by atoms with Crippen LogP contribution in [0.1, 0.15) is 12.0 Å². The largest absolute Gasteiger partial charge is 0.401 e. The Morgan fingerprint density at radius 3 is 2.55 bits per heavy atom. The maximum absolute atomic E-state index is 12.4. The van der Waals surface area contributed by atoms with Gasteiger partial charge in [-0.15, -0.1) is 0 Å². The van der Waals surface area contributed by atoms with Crippen molar-refractivity contribution in [2.75, 3.05) is 18.9 Å². The number of sulfone groups is 1. The molecule has 0 aliphatic carbocycles. The summed E-state index contributed by atoms with van der Waals surface area (Å²) in [4.78, 5) is -0.0185. The highest BCUT2D eigenvalue weighted by atomic mass is 32.2. The van der Waals surface area contributed by atoms with Crippen molar-refractivity contribution >= 4 is 9.84 Å². The van der Waals surface area contributed by atoms with Gasteiger partial charge in [-0.2, -0.15) is 13.2 Å². The van der Waals surface area contributed by atoms with Crippen molar-refractivity contribution in [2.45, 2.75) is 23.0 Å². The number of aliphatic hydroxyl groups excluding tert-OH is 1. The van der Waals surface area contributed by atoms with Gasteiger partial charge in [0.2, 0.25) is 0 Å². The van der Waals surface area contributed by atoms with Crippen LogP contribution >= 0.6 is 0 Å². The fourth-order valence-electron chi connectivity index (χ4n) is 2.36. The number of alkyl halides is 3. The lowest BCUT2D eigenvalue weighted by atomic mass is 9.87. The first-order valence-corrected chi connectivity index (χ1v) is 7.60. The average Bonchev–Trinajstić information content (AvgIpc) is 2.38. The summed E-state index contributed by atoms with van der Waals surface area (Å²) in [6, 6.07) is 5.84. The van der Waals surface area contributed by atoms with E-state index in [1.165, 1.54) is 18.2 Å². The summed E-state index contributed by atoms with van der Waals surface area (Å²) >= 11 is 0. The van der Waals surface area contributed by atoms with Crippen LogP contribution in [0.25, 0.3) is 0 Å². The molecule has 1 atom stereocenters. The summed E-state index contributed by atoms with van der Waals surface area (Å²) in [5.41, 5.74) is -1.18. The van der Waals surface area contributed by atoms with Crippen molar-refractivity contribution in [2.24, 2.45) is 0 Å². The lowest BCUT2D eigenvalue weighted by Crippen LogP contribution is -2.52. The zero-order chi connectivity index (χ0) is 15.0. The lowest BCUT2D eigenvalue weighted by molar-refractivity contribution is -0.130. The van der Waals surface area contributed by atoms with Crippen LogP contribution in [0, 0.1) is 0 Å². The average molecular weight is 309 g/mol. The van der Waals surface area contributed by atoms with Gasteiger partial charge in [-0.3, -0.25) is 5.32 Å². The summed E-state index contributed by atoms with van der Waals surface area (Å²) < 4.78 is 61.0. The van der Waals surface area contributed by atoms with Crippen molar-refractivity contribution < 1.29 is 26.7 Å². The zero-order valence-electron chi connectivity index (χ0n) is 10.4. The number of nitrogens with one attached hydrogen (secondary N) is 1. The van der Waals surface area contributed by atoms with Gasteiger partial charge in [0.25, 0.3) is 0 Å². The molecule has 0 amide bonds. The molecule has 20 heavy (non-hydrogen) atoms. The Bertz CT molecular complexity index is 600. The molecule has 0 spiro atoms. The molecular formula is C12H14F3NO3S. The second-order valence-corrected chi connectivity index (χ2v) is 6.85. The second kappa shape index (κ2) is 5.01. The SMILES string of the molecule is O=S1(=O)CCC(CO)(NCC(F)(F)F)c2ccccc21. The molecule has 2 N–H and O–H groups in total. The second-order valence-electron chi connectivity index (χ2n) is 4.77. The van der Waals surface area contributed by atoms with Gasteiger partial charge in [-0.25, -0.2) is 8.42 Å². The molecule has 1 unspecified atom stereocenters. The standard InChI is InChI=1S/C12H14F3NO3S/c13-12(14,15)7-16-11(8-17)5-6-20(18,19)10-4-2-1-3-9(10)11/h1-4,16-17H,5-8H2. The third-order valence-corrected chi connectivity index (χ3v) is 5.20. The molecule has 0 fully saturated rings. The molecule has 1 aliphatic rings. The fourth-order valence-corrected chi connectivity index (χ4v) is 4.08. The molecule has 1 aromatic rings. The summed E-state index contributed by atoms with van der Waals surface area (Å²) in [6.07, 6.45) is -4.54. The monoisotopic (exact) mass is 309 g/mol. The molecule has 0 bridgehead atoms. The first-order chi connectivity index (χ1) is 9.20. The fraction of sp³-hybridized carbons (Fsp3) is 0.500. The Morgan fingerprint density at radius 2 is 1.95 bits per heavy atom. The molecule has 1 aliphatic heterocycles. The third kappa shape index (κ3) is 2.82. The number of halogens is 3. The normalized spacial score (nSPS) is 25.2. The van der Waals surface area contributed by atoms with Gasteiger partial charge in [-0.1, -0.05) is 18.2 Å². The van der Waals surface area contributed by atoms with E-state index in [9.17, 15) is 26.7 Å². The predicted octanol–water partition coefficient (Wildman–Crippen LogP) is 1.20. The maximum Gasteiger partial charge on any atom is 0.401 e. The topological polar surface area (TPSA) is 66.4 Å². The van der Waals surface area contributed by atoms with Gasteiger partial charge < -0.3 is 5.11 Å². The lowest BCUT2D eigenvalue weighted by Gasteiger charge is -2.38. The molecular weight excluding hydrogens is 295 g/mol. The Kier molecular flexibility index (Phi) is 3.83. The van der Waals surface area contributed by atoms with Crippen molar-refractivity contribution in [3.05, 3.63) is 29.8 Å². The first-order valence-electron chi connectivity index (χ1n) is 5.95. The van der Waals surface area contributed by atoms with Gasteiger partial charge in [-0.05, 0) is 18.1 Å². The molecule has 0 aromatic heterocycles. The smallest absolute Gasteiger partial charge is 0.394 e. The van der Waals surface area contributed by atoms with Crippen molar-refractivity contribution in [3.8, 4) is 0 Å². The number of hydrogen-bond donors (Lipinski definition) is 2. The van der Waals surface area contributed by atoms with Gasteiger partial charge >= 0.3 is 6.18 Å². The van der Waals surface area contributed by atoms with Crippen LogP contribution in [-0.4, -0.2) is 38.6 Å². The minimum Gasteiger partial charge on any atom is -0.394 e. The summed E-state index contributed by atoms with van der Waals surface area (Å²) in [7, 11) is -3.51. The van der Waals surface area contributed by atoms with Crippen LogP contribution in [-0.2, 0) is 15.4 Å². The molecule has 1 aromatic carbocycles. The molecule has 112 valence electrons. The van der Waals surface area contributed by atoms with E-state index < -0.39 is 34.7 Å². The minimum atomic E-state index is -4.44. The number of fused-ring (bicyclic) bond motifs is 1. The van der Waals surface area contributed by atoms with Crippen molar-refractivity contribution in [3.63, 3.8) is 0 Å². The number of hydrogen-bond acceptors (Lipinski definition) is 4. The summed E-state index contributed by atoms with van der Waals surface area (Å²) in [5, 5.41) is 11.8. The maximum atomic E-state index is 12.4. The van der Waals surface area contributed by atoms with E-state index in [4.69, 9.17) is 0 Å². The molecule has 0 saturated carbocycles. The Hall–Kier alpha value is -1.12. The van der Waals surface area contributed by atoms with Crippen LogP contribution in [0.3, 0.4) is 0 Å². The third-order valence-electron chi connectivity index (χ3n) is 3.43. The van der Waals surface area contributed by atoms with Crippen LogP contribution in [0.4, 0.5) is 13.2 Å². The molecule has 2 rings (SSSR count). The minimum absolute atomic E-state index is 0.0185. The van der Waals surface area contributed by atoms with E-state index in [0.717, 1.165) is 0 Å². The highest BCUT2D eigenvalue weighted by Gasteiger charge is 2.43. The van der Waals surface area contributed by atoms with Crippen molar-refractivity contribution in [1.29, 1.82) is 0 Å². The highest BCUT2D eigenvalue weighted by Crippen LogP contribution is 2.37. The van der Waals surface area contributed by atoms with Crippen LogP contribution in [0.2, 0.25) is 0 Å². The summed E-state index contributed by atoms with van der Waals surface area (Å²) in [5.74, 6) is -0.296. The first kappa shape index (κ1) is 15.3. The van der Waals surface area contributed by atoms with Crippen LogP contribution in [0.5, 0.6) is 0 Å². The van der Waals surface area contributed by atoms with Gasteiger partial charge in [0, 0.05) is 0 Å². The van der Waals surface area contributed by atoms with Crippen LogP contribution in [0.15, 0.2) is 29.2 Å². The molecule has 8 heteroatoms. The quantitative estimate of drug-likeness (QED) is 0.880. The number of rotatable bonds is 3. The van der Waals surface area contributed by atoms with Crippen LogP contribution < -0.4 is 5.32 Å². The molecule has 1 heterocycles. The zero-order valence-corrected chi connectivity index (χ0v) is 11.3. The molecule has 4 nitrogen and oxygen atoms in total. The number of benzene rings is 1. The Balaban J connectivity index is 2.45. The van der Waals surface area contributed by atoms with Crippen molar-refractivity contribution in [1.82, 2.24) is 5.32 Å². The van der Waals surface area contributed by atoms with E-state index in [1.54, 1.807) is 6.07 Å². The van der Waals surface area contributed by atoms with Gasteiger partial charge in [0.05, 0.1) is 29.3 Å². The van der Waals surface area contributed by atoms with E-state index >= 15 is 0 Å². The summed E-state index contributed by atoms with van der Waals surface area (Å²) in [6.45, 7) is -1.89. The Labute approximate surface area is 114 Å². The van der Waals surface area contributed by atoms with Gasteiger partial charge in [0.15, 0.2) is 9.84 Å². The van der Waals surface area contributed by atoms with E-state index in [-0.39, 0.29) is 22.6 Å². The highest BCUT2D eigenvalue weighted by molar-refractivity contribution is 7.91. The van der Waals surface area contributed by atoms with E-state index in [2.05, 4.69) is 5.32 Å². The molecule has 0 radical (unpaired) electrons. The number of aliphatic hydroxyl groups is 1. The predicted molar refractivity (Wildman–Crippen MR) is 65.9 cm³/mol. The van der Waals surface area contributed by atoms with E-state index in [0.29, 0.717) is 0 Å². The molecule has 0 saturated heterocycles. The van der Waals surface area contributed by atoms with E-state index in [1.807, 2.05) is 0 Å².